The van der Waals surface area contributed by atoms with Gasteiger partial charge in [0.2, 0.25) is 11.7 Å². The van der Waals surface area contributed by atoms with Crippen molar-refractivity contribution in [2.75, 3.05) is 11.9 Å². The van der Waals surface area contributed by atoms with Gasteiger partial charge < -0.3 is 14.8 Å². The van der Waals surface area contributed by atoms with E-state index >= 15 is 0 Å². The van der Waals surface area contributed by atoms with Crippen molar-refractivity contribution in [3.05, 3.63) is 114 Å². The van der Waals surface area contributed by atoms with E-state index in [1.54, 1.807) is 48.4 Å². The van der Waals surface area contributed by atoms with Gasteiger partial charge in [0, 0.05) is 35.4 Å². The highest BCUT2D eigenvalue weighted by atomic mass is 16.5. The monoisotopic (exact) mass is 478 g/mol. The standard InChI is InChI=1S/C28H22N4O4/c1-2-35-28(34)24-26(33)23(36-27(24)30-21-9-5-3-6-10-21)17-20-18-32(22-11-7-4-8-12-22)31-25(20)19-13-15-29-16-14-19/h3-18,30H,2H2,1H3/b23-17-. The molecule has 1 aliphatic heterocycles. The second-order valence-corrected chi connectivity index (χ2v) is 7.80. The first-order valence-corrected chi connectivity index (χ1v) is 11.4. The number of hydrogen-bond acceptors (Lipinski definition) is 7. The fraction of sp³-hybridized carbons (Fsp3) is 0.0714. The van der Waals surface area contributed by atoms with Crippen LogP contribution < -0.4 is 5.32 Å². The topological polar surface area (TPSA) is 95.3 Å². The van der Waals surface area contributed by atoms with E-state index in [1.807, 2.05) is 60.7 Å². The minimum Gasteiger partial charge on any atom is -0.462 e. The number of para-hydroxylation sites is 2. The molecule has 0 fully saturated rings. The van der Waals surface area contributed by atoms with E-state index in [0.29, 0.717) is 16.9 Å². The molecule has 0 spiro atoms. The lowest BCUT2D eigenvalue weighted by Gasteiger charge is -2.08. The first kappa shape index (κ1) is 22.8. The van der Waals surface area contributed by atoms with Crippen LogP contribution in [-0.4, -0.2) is 33.1 Å². The highest BCUT2D eigenvalue weighted by molar-refractivity contribution is 6.26. The summed E-state index contributed by atoms with van der Waals surface area (Å²) >= 11 is 0. The molecule has 36 heavy (non-hydrogen) atoms. The summed E-state index contributed by atoms with van der Waals surface area (Å²) in [5.74, 6) is -1.31. The maximum atomic E-state index is 13.3. The van der Waals surface area contributed by atoms with E-state index in [2.05, 4.69) is 10.3 Å². The lowest BCUT2D eigenvalue weighted by molar-refractivity contribution is -0.139. The van der Waals surface area contributed by atoms with Gasteiger partial charge >= 0.3 is 5.97 Å². The molecule has 0 amide bonds. The SMILES string of the molecule is CCOC(=O)C1=C(Nc2ccccc2)O/C(=C\c2cn(-c3ccccc3)nc2-c2ccncc2)C1=O. The van der Waals surface area contributed by atoms with E-state index in [9.17, 15) is 9.59 Å². The zero-order valence-corrected chi connectivity index (χ0v) is 19.4. The number of anilines is 1. The second-order valence-electron chi connectivity index (χ2n) is 7.80. The molecule has 8 heteroatoms. The number of nitrogens with zero attached hydrogens (tertiary/aromatic N) is 3. The third kappa shape index (κ3) is 4.65. The Morgan fingerprint density at radius 3 is 2.42 bits per heavy atom. The molecule has 1 aliphatic rings. The summed E-state index contributed by atoms with van der Waals surface area (Å²) in [7, 11) is 0. The van der Waals surface area contributed by atoms with E-state index in [0.717, 1.165) is 11.3 Å². The number of carbonyl (C=O) groups is 2. The van der Waals surface area contributed by atoms with Crippen LogP contribution >= 0.6 is 0 Å². The van der Waals surface area contributed by atoms with Crippen molar-refractivity contribution in [2.24, 2.45) is 0 Å². The fourth-order valence-electron chi connectivity index (χ4n) is 3.74. The van der Waals surface area contributed by atoms with Crippen molar-refractivity contribution in [3.8, 4) is 16.9 Å². The molecular weight excluding hydrogens is 456 g/mol. The van der Waals surface area contributed by atoms with Crippen LogP contribution in [-0.2, 0) is 19.1 Å². The molecule has 0 aliphatic carbocycles. The Hall–Kier alpha value is -4.98. The van der Waals surface area contributed by atoms with Gasteiger partial charge in [0.1, 0.15) is 5.69 Å². The fourth-order valence-corrected chi connectivity index (χ4v) is 3.74. The van der Waals surface area contributed by atoms with Crippen LogP contribution in [0.1, 0.15) is 12.5 Å². The summed E-state index contributed by atoms with van der Waals surface area (Å²) in [5.41, 5.74) is 3.42. The summed E-state index contributed by atoms with van der Waals surface area (Å²) in [5, 5.41) is 7.76. The molecule has 2 aromatic carbocycles. The molecule has 2 aromatic heterocycles. The van der Waals surface area contributed by atoms with Crippen LogP contribution in [0.25, 0.3) is 23.0 Å². The third-order valence-corrected chi connectivity index (χ3v) is 5.40. The molecule has 5 rings (SSSR count). The summed E-state index contributed by atoms with van der Waals surface area (Å²) < 4.78 is 12.8. The number of Topliss-reactive ketones (excluding diaryl/α,β-unsaturated/α-hetero) is 1. The van der Waals surface area contributed by atoms with E-state index in [1.165, 1.54) is 0 Å². The van der Waals surface area contributed by atoms with Crippen LogP contribution in [0, 0.1) is 0 Å². The van der Waals surface area contributed by atoms with Crippen molar-refractivity contribution in [1.82, 2.24) is 14.8 Å². The quantitative estimate of drug-likeness (QED) is 0.232. The van der Waals surface area contributed by atoms with Gasteiger partial charge in [-0.05, 0) is 49.4 Å². The zero-order valence-electron chi connectivity index (χ0n) is 19.4. The van der Waals surface area contributed by atoms with Gasteiger partial charge in [-0.3, -0.25) is 9.78 Å². The predicted octanol–water partition coefficient (Wildman–Crippen LogP) is 4.76. The molecule has 0 radical (unpaired) electrons. The Morgan fingerprint density at radius 2 is 1.72 bits per heavy atom. The number of hydrogen-bond donors (Lipinski definition) is 1. The van der Waals surface area contributed by atoms with E-state index in [4.69, 9.17) is 14.6 Å². The molecule has 0 saturated heterocycles. The Morgan fingerprint density at radius 1 is 1.03 bits per heavy atom. The summed E-state index contributed by atoms with van der Waals surface area (Å²) in [6.45, 7) is 1.81. The number of allylic oxidation sites excluding steroid dienone is 1. The lowest BCUT2D eigenvalue weighted by atomic mass is 10.1. The maximum Gasteiger partial charge on any atom is 0.347 e. The number of carbonyl (C=O) groups excluding carboxylic acids is 2. The number of pyridine rings is 1. The molecule has 8 nitrogen and oxygen atoms in total. The highest BCUT2D eigenvalue weighted by Gasteiger charge is 2.37. The van der Waals surface area contributed by atoms with Crippen LogP contribution in [0.5, 0.6) is 0 Å². The molecule has 3 heterocycles. The number of esters is 1. The molecule has 0 saturated carbocycles. The molecule has 178 valence electrons. The average Bonchev–Trinajstić information content (AvgIpc) is 3.47. The van der Waals surface area contributed by atoms with Gasteiger partial charge in [-0.15, -0.1) is 0 Å². The Bertz CT molecular complexity index is 1460. The third-order valence-electron chi connectivity index (χ3n) is 5.40. The summed E-state index contributed by atoms with van der Waals surface area (Å²) in [6, 6.07) is 22.4. The minimum atomic E-state index is -0.751. The highest BCUT2D eigenvalue weighted by Crippen LogP contribution is 2.31. The van der Waals surface area contributed by atoms with Crippen molar-refractivity contribution in [2.45, 2.75) is 6.92 Å². The number of ether oxygens (including phenoxy) is 2. The van der Waals surface area contributed by atoms with Crippen molar-refractivity contribution in [1.29, 1.82) is 0 Å². The Balaban J connectivity index is 1.56. The lowest BCUT2D eigenvalue weighted by Crippen LogP contribution is -2.16. The number of ketones is 1. The smallest absolute Gasteiger partial charge is 0.347 e. The molecule has 0 bridgehead atoms. The van der Waals surface area contributed by atoms with Crippen LogP contribution in [0.3, 0.4) is 0 Å². The molecule has 1 N–H and O–H groups in total. The molecule has 0 atom stereocenters. The normalized spacial score (nSPS) is 14.1. The van der Waals surface area contributed by atoms with Crippen LogP contribution in [0.15, 0.2) is 109 Å². The largest absolute Gasteiger partial charge is 0.462 e. The average molecular weight is 479 g/mol. The van der Waals surface area contributed by atoms with Gasteiger partial charge in [0.15, 0.2) is 11.3 Å². The minimum absolute atomic E-state index is 0.0144. The first-order chi connectivity index (χ1) is 17.6. The molecular formula is C28H22N4O4. The number of aromatic nitrogens is 3. The van der Waals surface area contributed by atoms with Crippen molar-refractivity contribution in [3.63, 3.8) is 0 Å². The van der Waals surface area contributed by atoms with Gasteiger partial charge in [-0.1, -0.05) is 36.4 Å². The summed E-state index contributed by atoms with van der Waals surface area (Å²) in [6.07, 6.45) is 6.74. The van der Waals surface area contributed by atoms with Gasteiger partial charge in [0.25, 0.3) is 0 Å². The molecule has 0 unspecified atom stereocenters. The Kier molecular flexibility index (Phi) is 6.40. The van der Waals surface area contributed by atoms with Crippen LogP contribution in [0.4, 0.5) is 5.69 Å². The van der Waals surface area contributed by atoms with Gasteiger partial charge in [0.05, 0.1) is 12.3 Å². The Labute approximate surface area is 207 Å². The molecule has 4 aromatic rings. The van der Waals surface area contributed by atoms with E-state index in [-0.39, 0.29) is 23.8 Å². The van der Waals surface area contributed by atoms with Gasteiger partial charge in [-0.25, -0.2) is 9.48 Å². The number of rotatable bonds is 7. The maximum absolute atomic E-state index is 13.3. The van der Waals surface area contributed by atoms with Crippen molar-refractivity contribution < 1.29 is 19.1 Å². The second kappa shape index (κ2) is 10.1. The summed E-state index contributed by atoms with van der Waals surface area (Å²) in [4.78, 5) is 30.1. The van der Waals surface area contributed by atoms with Gasteiger partial charge in [-0.2, -0.15) is 5.10 Å². The van der Waals surface area contributed by atoms with Crippen LogP contribution in [0.2, 0.25) is 0 Å². The van der Waals surface area contributed by atoms with Crippen molar-refractivity contribution >= 4 is 23.5 Å². The number of benzene rings is 2. The van der Waals surface area contributed by atoms with E-state index < -0.39 is 11.8 Å². The number of nitrogens with one attached hydrogen (secondary N) is 1. The first-order valence-electron chi connectivity index (χ1n) is 11.4. The zero-order chi connectivity index (χ0) is 24.9. The predicted molar refractivity (Wildman–Crippen MR) is 135 cm³/mol.